The normalized spacial score (nSPS) is 14.6. The van der Waals surface area contributed by atoms with Crippen molar-refractivity contribution in [2.45, 2.75) is 18.9 Å². The van der Waals surface area contributed by atoms with E-state index in [9.17, 15) is 0 Å². The fraction of sp³-hybridized carbons (Fsp3) is 0.308. The lowest BCUT2D eigenvalue weighted by molar-refractivity contribution is 0.414. The van der Waals surface area contributed by atoms with Crippen molar-refractivity contribution in [2.24, 2.45) is 0 Å². The molecular formula is C13H15N3O. The fourth-order valence-corrected chi connectivity index (χ4v) is 1.79. The number of ether oxygens (including phenoxy) is 1. The van der Waals surface area contributed by atoms with Crippen LogP contribution in [0.3, 0.4) is 0 Å². The second-order valence-corrected chi connectivity index (χ2v) is 4.24. The van der Waals surface area contributed by atoms with Crippen molar-refractivity contribution in [1.29, 1.82) is 0 Å². The zero-order chi connectivity index (χ0) is 11.7. The highest BCUT2D eigenvalue weighted by Crippen LogP contribution is 2.26. The van der Waals surface area contributed by atoms with Crippen molar-refractivity contribution in [1.82, 2.24) is 9.55 Å². The van der Waals surface area contributed by atoms with Crippen molar-refractivity contribution in [3.8, 4) is 11.4 Å². The number of imidazole rings is 1. The van der Waals surface area contributed by atoms with Gasteiger partial charge in [-0.3, -0.25) is 4.57 Å². The molecular weight excluding hydrogens is 214 g/mol. The van der Waals surface area contributed by atoms with E-state index in [-0.39, 0.29) is 0 Å². The van der Waals surface area contributed by atoms with Crippen LogP contribution in [-0.2, 0) is 0 Å². The molecule has 4 nitrogen and oxygen atoms in total. The van der Waals surface area contributed by atoms with Gasteiger partial charge in [-0.05, 0) is 25.0 Å². The molecule has 0 spiro atoms. The number of hydrogen-bond donors (Lipinski definition) is 1. The van der Waals surface area contributed by atoms with Gasteiger partial charge in [0.2, 0.25) is 5.95 Å². The molecule has 1 aromatic heterocycles. The summed E-state index contributed by atoms with van der Waals surface area (Å²) in [6.45, 7) is 0. The Labute approximate surface area is 100 Å². The van der Waals surface area contributed by atoms with Gasteiger partial charge < -0.3 is 10.1 Å². The van der Waals surface area contributed by atoms with Crippen LogP contribution in [0.2, 0.25) is 0 Å². The molecule has 0 amide bonds. The lowest BCUT2D eigenvalue weighted by Crippen LogP contribution is -2.07. The minimum Gasteiger partial charge on any atom is -0.497 e. The summed E-state index contributed by atoms with van der Waals surface area (Å²) in [5.74, 6) is 1.76. The van der Waals surface area contributed by atoms with Gasteiger partial charge in [0.1, 0.15) is 5.75 Å². The summed E-state index contributed by atoms with van der Waals surface area (Å²) in [5, 5.41) is 3.41. The summed E-state index contributed by atoms with van der Waals surface area (Å²) in [4.78, 5) is 4.34. The highest BCUT2D eigenvalue weighted by Gasteiger charge is 2.22. The molecule has 17 heavy (non-hydrogen) atoms. The van der Waals surface area contributed by atoms with Gasteiger partial charge in [0, 0.05) is 24.5 Å². The molecule has 0 saturated heterocycles. The molecule has 0 atom stereocenters. The number of hydrogen-bond acceptors (Lipinski definition) is 3. The van der Waals surface area contributed by atoms with Crippen molar-refractivity contribution in [3.05, 3.63) is 36.7 Å². The monoisotopic (exact) mass is 229 g/mol. The van der Waals surface area contributed by atoms with E-state index in [2.05, 4.69) is 10.3 Å². The molecule has 1 N–H and O–H groups in total. The van der Waals surface area contributed by atoms with Crippen LogP contribution >= 0.6 is 0 Å². The minimum absolute atomic E-state index is 0.599. The van der Waals surface area contributed by atoms with E-state index >= 15 is 0 Å². The first-order chi connectivity index (χ1) is 8.36. The van der Waals surface area contributed by atoms with Gasteiger partial charge in [-0.2, -0.15) is 0 Å². The summed E-state index contributed by atoms with van der Waals surface area (Å²) < 4.78 is 7.27. The molecule has 1 aliphatic rings. The summed E-state index contributed by atoms with van der Waals surface area (Å²) in [7, 11) is 1.68. The Morgan fingerprint density at radius 3 is 3.06 bits per heavy atom. The van der Waals surface area contributed by atoms with Crippen LogP contribution in [0.4, 0.5) is 5.95 Å². The lowest BCUT2D eigenvalue weighted by atomic mass is 10.3. The Morgan fingerprint density at radius 1 is 1.41 bits per heavy atom. The second kappa shape index (κ2) is 4.13. The van der Waals surface area contributed by atoms with Crippen LogP contribution in [0.5, 0.6) is 5.75 Å². The quantitative estimate of drug-likeness (QED) is 0.875. The molecule has 2 aromatic rings. The summed E-state index contributed by atoms with van der Waals surface area (Å²) in [6, 6.07) is 8.56. The van der Waals surface area contributed by atoms with E-state index in [0.717, 1.165) is 17.4 Å². The number of benzene rings is 1. The molecule has 0 bridgehead atoms. The minimum atomic E-state index is 0.599. The number of nitrogens with zero attached hydrogens (tertiary/aromatic N) is 2. The average molecular weight is 229 g/mol. The average Bonchev–Trinajstić information content (AvgIpc) is 3.06. The first kappa shape index (κ1) is 10.2. The molecule has 1 aliphatic carbocycles. The predicted octanol–water partition coefficient (Wildman–Crippen LogP) is 2.46. The van der Waals surface area contributed by atoms with Crippen molar-refractivity contribution < 1.29 is 4.74 Å². The highest BCUT2D eigenvalue weighted by atomic mass is 16.5. The Bertz CT molecular complexity index is 517. The van der Waals surface area contributed by atoms with Gasteiger partial charge >= 0.3 is 0 Å². The van der Waals surface area contributed by atoms with Gasteiger partial charge in [-0.15, -0.1) is 0 Å². The number of nitrogens with one attached hydrogen (secondary N) is 1. The van der Waals surface area contributed by atoms with Gasteiger partial charge in [0.15, 0.2) is 0 Å². The first-order valence-electron chi connectivity index (χ1n) is 5.81. The number of anilines is 1. The Morgan fingerprint density at radius 2 is 2.29 bits per heavy atom. The van der Waals surface area contributed by atoms with Gasteiger partial charge in [0.25, 0.3) is 0 Å². The summed E-state index contributed by atoms with van der Waals surface area (Å²) in [6.07, 6.45) is 6.25. The molecule has 1 saturated carbocycles. The van der Waals surface area contributed by atoms with Crippen LogP contribution in [0.1, 0.15) is 12.8 Å². The molecule has 4 heteroatoms. The van der Waals surface area contributed by atoms with Crippen LogP contribution < -0.4 is 10.1 Å². The fourth-order valence-electron chi connectivity index (χ4n) is 1.79. The molecule has 0 radical (unpaired) electrons. The third-order valence-corrected chi connectivity index (χ3v) is 2.88. The molecule has 1 fully saturated rings. The lowest BCUT2D eigenvalue weighted by Gasteiger charge is -2.10. The van der Waals surface area contributed by atoms with Crippen LogP contribution in [-0.4, -0.2) is 22.7 Å². The van der Waals surface area contributed by atoms with Crippen molar-refractivity contribution in [2.75, 3.05) is 12.4 Å². The summed E-state index contributed by atoms with van der Waals surface area (Å²) >= 11 is 0. The first-order valence-corrected chi connectivity index (χ1v) is 5.81. The van der Waals surface area contributed by atoms with E-state index in [1.807, 2.05) is 41.2 Å². The predicted molar refractivity (Wildman–Crippen MR) is 66.8 cm³/mol. The smallest absolute Gasteiger partial charge is 0.207 e. The molecule has 0 unspecified atom stereocenters. The van der Waals surface area contributed by atoms with E-state index < -0.39 is 0 Å². The van der Waals surface area contributed by atoms with Crippen molar-refractivity contribution >= 4 is 5.95 Å². The molecule has 1 heterocycles. The zero-order valence-corrected chi connectivity index (χ0v) is 9.76. The van der Waals surface area contributed by atoms with Gasteiger partial charge in [-0.1, -0.05) is 6.07 Å². The number of rotatable bonds is 4. The van der Waals surface area contributed by atoms with E-state index in [1.165, 1.54) is 12.8 Å². The maximum atomic E-state index is 5.23. The van der Waals surface area contributed by atoms with E-state index in [4.69, 9.17) is 4.74 Å². The van der Waals surface area contributed by atoms with Gasteiger partial charge in [0.05, 0.1) is 12.8 Å². The highest BCUT2D eigenvalue weighted by molar-refractivity contribution is 5.46. The van der Waals surface area contributed by atoms with E-state index in [1.54, 1.807) is 7.11 Å². The maximum Gasteiger partial charge on any atom is 0.207 e. The topological polar surface area (TPSA) is 39.1 Å². The molecule has 0 aliphatic heterocycles. The maximum absolute atomic E-state index is 5.23. The molecule has 3 rings (SSSR count). The molecule has 88 valence electrons. The van der Waals surface area contributed by atoms with Crippen LogP contribution in [0, 0.1) is 0 Å². The number of aromatic nitrogens is 2. The second-order valence-electron chi connectivity index (χ2n) is 4.24. The largest absolute Gasteiger partial charge is 0.497 e. The number of methoxy groups -OCH3 is 1. The van der Waals surface area contributed by atoms with Crippen LogP contribution in [0.25, 0.3) is 5.69 Å². The Hall–Kier alpha value is -1.97. The SMILES string of the molecule is COc1cccc(-n2ccnc2NC2CC2)c1. The van der Waals surface area contributed by atoms with Crippen LogP contribution in [0.15, 0.2) is 36.7 Å². The molecule has 1 aromatic carbocycles. The zero-order valence-electron chi connectivity index (χ0n) is 9.76. The third kappa shape index (κ3) is 2.11. The van der Waals surface area contributed by atoms with Gasteiger partial charge in [-0.25, -0.2) is 4.98 Å². The Balaban J connectivity index is 1.93. The summed E-state index contributed by atoms with van der Waals surface area (Å²) in [5.41, 5.74) is 1.06. The Kier molecular flexibility index (Phi) is 2.48. The van der Waals surface area contributed by atoms with E-state index in [0.29, 0.717) is 6.04 Å². The third-order valence-electron chi connectivity index (χ3n) is 2.88. The van der Waals surface area contributed by atoms with Crippen molar-refractivity contribution in [3.63, 3.8) is 0 Å². The standard InChI is InChI=1S/C13H15N3O/c1-17-12-4-2-3-11(9-12)16-8-7-14-13(16)15-10-5-6-10/h2-4,7-10H,5-6H2,1H3,(H,14,15).